The van der Waals surface area contributed by atoms with Gasteiger partial charge in [-0.05, 0) is 175 Å². The number of pyridine rings is 2. The number of rotatable bonds is 17. The van der Waals surface area contributed by atoms with E-state index in [1.165, 1.54) is 121 Å². The van der Waals surface area contributed by atoms with Gasteiger partial charge < -0.3 is 9.97 Å². The van der Waals surface area contributed by atoms with E-state index in [0.29, 0.717) is 0 Å². The second-order valence-corrected chi connectivity index (χ2v) is 21.4. The summed E-state index contributed by atoms with van der Waals surface area (Å²) in [5.41, 5.74) is 26.1. The zero-order chi connectivity index (χ0) is 56.5. The first kappa shape index (κ1) is 57.2. The first-order valence-electron chi connectivity index (χ1n) is 29.3. The standard InChI is InChI=1S/C47H40N.C35H24N.Ir/c1(4-15-36-16-6-3-7-17-36)2-5-18-37-19-10-20-38(31-37)39-21-11-22-40(32-39)41-23-12-24-42(33-41)43-25-13-26-44(34-43)45-27-14-28-46(35-45)47-29-8-9-30-48-47;1-2-10-26(11-3-1)27-12-6-13-28(22-27)29-14-7-15-30(23-29)31-16-8-17-32(24-31)33-18-9-19-34(25-33)35-20-4-5-21-36-35;/h3,6-14,16-17,19-27,29-35H,1-2,4-5,15,18H2;1-18,20-25H;/q2*-1;. The van der Waals surface area contributed by atoms with Crippen LogP contribution in [0.4, 0.5) is 0 Å². The van der Waals surface area contributed by atoms with E-state index in [4.69, 9.17) is 0 Å². The Hall–Kier alpha value is -9.63. The molecule has 413 valence electrons. The van der Waals surface area contributed by atoms with Crippen LogP contribution < -0.4 is 0 Å². The van der Waals surface area contributed by atoms with Crippen molar-refractivity contribution in [3.05, 3.63) is 339 Å². The minimum Gasteiger partial charge on any atom is -0.305 e. The van der Waals surface area contributed by atoms with Crippen LogP contribution in [-0.2, 0) is 32.9 Å². The molecule has 1 radical (unpaired) electrons. The first-order chi connectivity index (χ1) is 41.6. The second kappa shape index (κ2) is 28.6. The van der Waals surface area contributed by atoms with E-state index in [1.807, 2.05) is 60.9 Å². The molecule has 0 aliphatic heterocycles. The van der Waals surface area contributed by atoms with Crippen LogP contribution in [0.25, 0.3) is 112 Å². The van der Waals surface area contributed by atoms with E-state index < -0.39 is 0 Å². The molecule has 85 heavy (non-hydrogen) atoms. The monoisotopic (exact) mass is 1270 g/mol. The Morgan fingerprint density at radius 3 is 0.871 bits per heavy atom. The smallest absolute Gasteiger partial charge is 0.0160 e. The molecule has 13 aromatic rings. The zero-order valence-corrected chi connectivity index (χ0v) is 49.9. The van der Waals surface area contributed by atoms with Crippen molar-refractivity contribution in [2.75, 3.05) is 0 Å². The maximum Gasteiger partial charge on any atom is 0.0160 e. The Bertz CT molecular complexity index is 4130. The molecule has 0 fully saturated rings. The SMILES string of the molecule is [Ir].[c-]1ccc(-c2cccc(-c3cccc(-c4cccc(-c5cccc(CCCCCCc6ccccc6)c5)c4)c3)c2)cc1-c1ccccn1.[c-]1ccc(-c2cccc(-c3cccc(-c4cccc(-c5ccccc5)c4)c3)c2)cc1-c1ccccn1. The summed E-state index contributed by atoms with van der Waals surface area (Å²) in [6.45, 7) is 0. The molecule has 2 nitrogen and oxygen atoms in total. The van der Waals surface area contributed by atoms with Crippen molar-refractivity contribution in [2.45, 2.75) is 38.5 Å². The van der Waals surface area contributed by atoms with Gasteiger partial charge in [-0.25, -0.2) is 0 Å². The van der Waals surface area contributed by atoms with E-state index >= 15 is 0 Å². The van der Waals surface area contributed by atoms with E-state index in [0.717, 1.165) is 40.1 Å². The summed E-state index contributed by atoms with van der Waals surface area (Å²) in [6, 6.07) is 115. The number of benzene rings is 11. The molecule has 0 amide bonds. The minimum atomic E-state index is 0. The quantitative estimate of drug-likeness (QED) is 0.0671. The molecule has 0 aliphatic rings. The summed E-state index contributed by atoms with van der Waals surface area (Å²) in [6.07, 6.45) is 11.0. The second-order valence-electron chi connectivity index (χ2n) is 21.4. The Balaban J connectivity index is 0.000000182. The van der Waals surface area contributed by atoms with E-state index in [9.17, 15) is 0 Å². The fourth-order valence-electron chi connectivity index (χ4n) is 11.1. The van der Waals surface area contributed by atoms with Crippen LogP contribution in [0.5, 0.6) is 0 Å². The van der Waals surface area contributed by atoms with Crippen molar-refractivity contribution in [2.24, 2.45) is 0 Å². The molecule has 0 aliphatic carbocycles. The van der Waals surface area contributed by atoms with Gasteiger partial charge in [-0.2, -0.15) is 0 Å². The largest absolute Gasteiger partial charge is 0.305 e. The molecule has 3 heteroatoms. The van der Waals surface area contributed by atoms with Crippen molar-refractivity contribution in [3.63, 3.8) is 0 Å². The van der Waals surface area contributed by atoms with Gasteiger partial charge in [-0.15, -0.1) is 70.8 Å². The summed E-state index contributed by atoms with van der Waals surface area (Å²) < 4.78 is 0. The Labute approximate surface area is 515 Å². The van der Waals surface area contributed by atoms with Crippen molar-refractivity contribution in [1.29, 1.82) is 0 Å². The predicted octanol–water partition coefficient (Wildman–Crippen LogP) is 21.8. The third kappa shape index (κ3) is 15.0. The average molecular weight is 1270 g/mol. The molecule has 2 aromatic heterocycles. The molecule has 0 unspecified atom stereocenters. The Morgan fingerprint density at radius 1 is 0.224 bits per heavy atom. The molecule has 0 bridgehead atoms. The molecular formula is C82H64IrN2-2. The van der Waals surface area contributed by atoms with Crippen LogP contribution >= 0.6 is 0 Å². The van der Waals surface area contributed by atoms with Gasteiger partial charge >= 0.3 is 0 Å². The van der Waals surface area contributed by atoms with Crippen molar-refractivity contribution >= 4 is 0 Å². The number of nitrogens with zero attached hydrogens (tertiary/aromatic N) is 2. The first-order valence-corrected chi connectivity index (χ1v) is 29.3. The van der Waals surface area contributed by atoms with Crippen LogP contribution in [-0.4, -0.2) is 9.97 Å². The summed E-state index contributed by atoms with van der Waals surface area (Å²) >= 11 is 0. The summed E-state index contributed by atoms with van der Waals surface area (Å²) in [5.74, 6) is 0. The van der Waals surface area contributed by atoms with Crippen LogP contribution in [0.15, 0.2) is 316 Å². The number of hydrogen-bond donors (Lipinski definition) is 0. The topological polar surface area (TPSA) is 25.8 Å². The van der Waals surface area contributed by atoms with E-state index in [-0.39, 0.29) is 20.1 Å². The predicted molar refractivity (Wildman–Crippen MR) is 353 cm³/mol. The fourth-order valence-corrected chi connectivity index (χ4v) is 11.1. The minimum absolute atomic E-state index is 0. The van der Waals surface area contributed by atoms with Gasteiger partial charge in [0, 0.05) is 32.5 Å². The van der Waals surface area contributed by atoms with Gasteiger partial charge in [0.15, 0.2) is 0 Å². The summed E-state index contributed by atoms with van der Waals surface area (Å²) in [5, 5.41) is 0. The van der Waals surface area contributed by atoms with E-state index in [1.54, 1.807) is 0 Å². The van der Waals surface area contributed by atoms with Crippen LogP contribution in [0.2, 0.25) is 0 Å². The Kier molecular flexibility index (Phi) is 19.2. The molecule has 0 spiro atoms. The van der Waals surface area contributed by atoms with Crippen molar-refractivity contribution < 1.29 is 20.1 Å². The maximum atomic E-state index is 4.51. The fraction of sp³-hybridized carbons (Fsp3) is 0.0732. The van der Waals surface area contributed by atoms with Gasteiger partial charge in [0.05, 0.1) is 0 Å². The molecule has 0 atom stereocenters. The number of aryl methyl sites for hydroxylation is 2. The number of hydrogen-bond acceptors (Lipinski definition) is 2. The van der Waals surface area contributed by atoms with Gasteiger partial charge in [-0.1, -0.05) is 231 Å². The molecule has 0 saturated carbocycles. The zero-order valence-electron chi connectivity index (χ0n) is 47.5. The molecule has 0 N–H and O–H groups in total. The molecule has 0 saturated heterocycles. The van der Waals surface area contributed by atoms with Gasteiger partial charge in [0.25, 0.3) is 0 Å². The van der Waals surface area contributed by atoms with Crippen LogP contribution in [0.3, 0.4) is 0 Å². The third-order valence-corrected chi connectivity index (χ3v) is 15.6. The molecule has 13 rings (SSSR count). The molecule has 2 heterocycles. The van der Waals surface area contributed by atoms with Crippen LogP contribution in [0.1, 0.15) is 36.8 Å². The average Bonchev–Trinajstić information content (AvgIpc) is 3.74. The normalized spacial score (nSPS) is 10.8. The molecule has 11 aromatic carbocycles. The van der Waals surface area contributed by atoms with Crippen molar-refractivity contribution in [1.82, 2.24) is 9.97 Å². The maximum absolute atomic E-state index is 4.51. The summed E-state index contributed by atoms with van der Waals surface area (Å²) in [4.78, 5) is 9.00. The van der Waals surface area contributed by atoms with Crippen LogP contribution in [0, 0.1) is 12.1 Å². The van der Waals surface area contributed by atoms with Gasteiger partial charge in [0.2, 0.25) is 0 Å². The van der Waals surface area contributed by atoms with Gasteiger partial charge in [0.1, 0.15) is 0 Å². The Morgan fingerprint density at radius 2 is 0.506 bits per heavy atom. The number of unbranched alkanes of at least 4 members (excludes halogenated alkanes) is 3. The third-order valence-electron chi connectivity index (χ3n) is 15.6. The van der Waals surface area contributed by atoms with Crippen molar-refractivity contribution in [3.8, 4) is 112 Å². The number of aromatic nitrogens is 2. The summed E-state index contributed by atoms with van der Waals surface area (Å²) in [7, 11) is 0. The molecular weight excluding hydrogens is 1210 g/mol. The van der Waals surface area contributed by atoms with E-state index in [2.05, 4.69) is 277 Å². The van der Waals surface area contributed by atoms with Gasteiger partial charge in [-0.3, -0.25) is 0 Å².